The fourth-order valence-electron chi connectivity index (χ4n) is 7.45. The van der Waals surface area contributed by atoms with Crippen LogP contribution in [0.4, 0.5) is 0 Å². The third-order valence-corrected chi connectivity index (χ3v) is 13.7. The van der Waals surface area contributed by atoms with Crippen LogP contribution in [0.15, 0.2) is 182 Å². The Kier molecular flexibility index (Phi) is 13.3. The van der Waals surface area contributed by atoms with Crippen molar-refractivity contribution in [3.05, 3.63) is 182 Å². The quantitative estimate of drug-likeness (QED) is 0.171. The van der Waals surface area contributed by atoms with Crippen LogP contribution in [0.2, 0.25) is 0 Å². The first-order valence-corrected chi connectivity index (χ1v) is 22.0. The molecule has 9 aromatic carbocycles. The van der Waals surface area contributed by atoms with Crippen molar-refractivity contribution in [2.75, 3.05) is 7.11 Å². The van der Waals surface area contributed by atoms with Gasteiger partial charge in [0.25, 0.3) is 0 Å². The summed E-state index contributed by atoms with van der Waals surface area (Å²) >= 11 is 4.90. The monoisotopic (exact) mass is 973 g/mol. The maximum atomic E-state index is 10.5. The van der Waals surface area contributed by atoms with Gasteiger partial charge in [-0.25, -0.2) is 15.0 Å². The molecule has 0 spiro atoms. The second kappa shape index (κ2) is 19.2. The van der Waals surface area contributed by atoms with Crippen molar-refractivity contribution >= 4 is 97.0 Å². The number of methoxy groups -OCH3 is 1. The van der Waals surface area contributed by atoms with E-state index >= 15 is 0 Å². The molecule has 12 aromatic rings. The van der Waals surface area contributed by atoms with Crippen LogP contribution in [0.5, 0.6) is 17.2 Å². The third-order valence-electron chi connectivity index (χ3n) is 10.5. The van der Waals surface area contributed by atoms with E-state index in [0.29, 0.717) is 11.5 Å². The van der Waals surface area contributed by atoms with Crippen molar-refractivity contribution in [3.63, 3.8) is 0 Å². The van der Waals surface area contributed by atoms with Crippen LogP contribution in [0.3, 0.4) is 0 Å². The topological polar surface area (TPSA) is 88.4 Å². The molecule has 0 aliphatic heterocycles. The molecule has 0 aliphatic rings. The van der Waals surface area contributed by atoms with E-state index in [0.717, 1.165) is 90.3 Å². The molecule has 2 N–H and O–H groups in total. The van der Waals surface area contributed by atoms with Crippen LogP contribution in [0.1, 0.15) is 0 Å². The molecule has 3 heterocycles. The van der Waals surface area contributed by atoms with Crippen LogP contribution in [-0.2, 0) is 39.0 Å². The van der Waals surface area contributed by atoms with E-state index in [2.05, 4.69) is 52.4 Å². The van der Waals surface area contributed by atoms with Crippen LogP contribution in [0, 0.1) is 0 Å². The average molecular weight is 977 g/mol. The minimum Gasteiger partial charge on any atom is -0.507 e. The largest absolute Gasteiger partial charge is 0.507 e. The number of hydrogen-bond acceptors (Lipinski definition) is 9. The van der Waals surface area contributed by atoms with E-state index in [1.54, 1.807) is 41.1 Å². The molecule has 0 unspecified atom stereocenters. The number of nitrogens with zero attached hydrogens (tertiary/aromatic N) is 3. The van der Waals surface area contributed by atoms with Gasteiger partial charge in [-0.3, -0.25) is 0 Å². The van der Waals surface area contributed by atoms with E-state index in [9.17, 15) is 10.2 Å². The van der Waals surface area contributed by atoms with Gasteiger partial charge in [-0.2, -0.15) is 0 Å². The number of rotatable bonds is 4. The van der Waals surface area contributed by atoms with Crippen molar-refractivity contribution in [1.29, 1.82) is 0 Å². The summed E-state index contributed by atoms with van der Waals surface area (Å²) < 4.78 is 9.14. The number of fused-ring (bicyclic) bond motifs is 6. The number of aromatic nitrogens is 3. The molecule has 0 bridgehead atoms. The molecule has 0 atom stereocenters. The fourth-order valence-corrected chi connectivity index (χ4v) is 10.4. The van der Waals surface area contributed by atoms with Crippen LogP contribution in [-0.4, -0.2) is 32.3 Å². The van der Waals surface area contributed by atoms with Crippen molar-refractivity contribution in [3.8, 4) is 49.0 Å². The number of para-hydroxylation sites is 3. The smallest absolute Gasteiger partial charge is 0.136 e. The van der Waals surface area contributed by atoms with Gasteiger partial charge < -0.3 is 14.9 Å². The predicted octanol–water partition coefficient (Wildman–Crippen LogP) is 14.8. The maximum absolute atomic E-state index is 10.5. The summed E-state index contributed by atoms with van der Waals surface area (Å²) in [6.45, 7) is 0. The predicted molar refractivity (Wildman–Crippen MR) is 258 cm³/mol. The van der Waals surface area contributed by atoms with E-state index in [4.69, 9.17) is 9.72 Å². The molecule has 0 radical (unpaired) electrons. The van der Waals surface area contributed by atoms with Gasteiger partial charge in [0.05, 0.1) is 54.5 Å². The first-order chi connectivity index (χ1) is 30.0. The van der Waals surface area contributed by atoms with E-state index in [1.165, 1.54) is 10.1 Å². The molecule has 0 fully saturated rings. The van der Waals surface area contributed by atoms with Gasteiger partial charge in [0.2, 0.25) is 0 Å². The average Bonchev–Trinajstić information content (AvgIpc) is 4.07. The second-order valence-corrected chi connectivity index (χ2v) is 17.3. The maximum Gasteiger partial charge on any atom is 0.136 e. The Bertz CT molecular complexity index is 3300. The molecule has 0 amide bonds. The minimum atomic E-state index is 0. The summed E-state index contributed by atoms with van der Waals surface area (Å²) in [5, 5.41) is 29.8. The summed E-state index contributed by atoms with van der Waals surface area (Å²) in [6.07, 6.45) is 0. The van der Waals surface area contributed by atoms with Gasteiger partial charge in [-0.1, -0.05) is 127 Å². The Morgan fingerprint density at radius 2 is 0.683 bits per heavy atom. The van der Waals surface area contributed by atoms with Gasteiger partial charge in [-0.05, 0) is 70.8 Å². The summed E-state index contributed by atoms with van der Waals surface area (Å²) in [4.78, 5) is 14.0. The Morgan fingerprint density at radius 1 is 0.365 bits per heavy atom. The van der Waals surface area contributed by atoms with Crippen molar-refractivity contribution in [2.24, 2.45) is 0 Å². The molecule has 298 valence electrons. The first kappa shape index (κ1) is 43.7. The number of phenols is 2. The van der Waals surface area contributed by atoms with Crippen LogP contribution < -0.4 is 4.74 Å². The number of hydrogen-bond donors (Lipinski definition) is 2. The van der Waals surface area contributed by atoms with Crippen LogP contribution >= 0.6 is 34.0 Å². The molecule has 63 heavy (non-hydrogen) atoms. The molecule has 11 heteroatoms. The first-order valence-electron chi connectivity index (χ1n) is 19.6. The number of benzene rings is 9. The number of phenolic OH excluding ortho intramolecular Hbond substituents is 2. The second-order valence-electron chi connectivity index (χ2n) is 14.2. The van der Waals surface area contributed by atoms with E-state index in [1.807, 2.05) is 140 Å². The van der Waals surface area contributed by atoms with Gasteiger partial charge in [0.15, 0.2) is 0 Å². The Morgan fingerprint density at radius 3 is 1.08 bits per heavy atom. The third kappa shape index (κ3) is 8.73. The summed E-state index contributed by atoms with van der Waals surface area (Å²) in [6, 6.07) is 60.3. The van der Waals surface area contributed by atoms with Crippen molar-refractivity contribution in [2.45, 2.75) is 0 Å². The van der Waals surface area contributed by atoms with Gasteiger partial charge in [-0.15, -0.1) is 34.0 Å². The fraction of sp³-hybridized carbons (Fsp3) is 0.0192. The zero-order valence-corrected chi connectivity index (χ0v) is 42.5. The van der Waals surface area contributed by atoms with E-state index < -0.39 is 0 Å². The zero-order chi connectivity index (χ0) is 41.3. The van der Waals surface area contributed by atoms with Crippen molar-refractivity contribution < 1.29 is 53.9 Å². The van der Waals surface area contributed by atoms with E-state index in [-0.39, 0.29) is 39.0 Å². The minimum absolute atomic E-state index is 0. The normalized spacial score (nSPS) is 10.8. The van der Waals surface area contributed by atoms with Crippen molar-refractivity contribution in [1.82, 2.24) is 15.0 Å². The Hall–Kier alpha value is -5.92. The summed E-state index contributed by atoms with van der Waals surface area (Å²) in [7, 11) is 1.72. The summed E-state index contributed by atoms with van der Waals surface area (Å²) in [5.74, 6) is 1.51. The zero-order valence-electron chi connectivity index (χ0n) is 34.1. The van der Waals surface area contributed by atoms with Crippen LogP contribution in [0.25, 0.3) is 94.7 Å². The summed E-state index contributed by atoms with van der Waals surface area (Å²) in [5.41, 5.74) is 5.63. The van der Waals surface area contributed by atoms with Gasteiger partial charge in [0.1, 0.15) is 32.3 Å². The molecule has 12 rings (SSSR count). The Balaban J connectivity index is 0.000000128. The molecule has 0 aliphatic carbocycles. The number of thiazole rings is 3. The molecular formula is C52H35N3O3S3Zn2. The number of aromatic hydroxyl groups is 2. The molecule has 0 saturated carbocycles. The molecule has 6 nitrogen and oxygen atoms in total. The molecule has 3 aromatic heterocycles. The van der Waals surface area contributed by atoms with Gasteiger partial charge in [0, 0.05) is 55.1 Å². The SMILES string of the molecule is COc1c(-c2nc3ccccc3s2)ccc2ccccc12.Oc1c(-c2nc3ccccc3s2)ccc2ccccc12.Oc1c(-c2nc3ccccc3s2)ccc2ccccc12.[Zn].[Zn]. The standard InChI is InChI=1S/C18H13NOS.2C17H11NOS.2Zn/c1-20-17-13-7-3-2-6-12(13)10-11-14(17)18-19-15-8-4-5-9-16(15)21-18;2*19-16-12-6-2-1-5-11(12)9-10-13(16)17-18-14-7-3-4-8-15(14)20-17;;/h2-11H,1H3;2*1-10,19H;;. The number of ether oxygens (including phenoxy) is 1. The molecular weight excluding hydrogens is 942 g/mol. The van der Waals surface area contributed by atoms with Gasteiger partial charge >= 0.3 is 0 Å². The molecule has 0 saturated heterocycles. The Labute approximate surface area is 400 Å².